The smallest absolute Gasteiger partial charge is 0.163 e. The minimum Gasteiger partial charge on any atom is -0.347 e. The summed E-state index contributed by atoms with van der Waals surface area (Å²) in [5.74, 6) is -0.480. The fraction of sp³-hybridized carbons (Fsp3) is 0.500. The lowest BCUT2D eigenvalue weighted by atomic mass is 10.0. The monoisotopic (exact) mass is 207 g/mol. The third-order valence-corrected chi connectivity index (χ3v) is 2.63. The van der Waals surface area contributed by atoms with Crippen molar-refractivity contribution in [2.45, 2.75) is 32.3 Å². The molecule has 3 nitrogen and oxygen atoms in total. The molecule has 1 saturated heterocycles. The van der Waals surface area contributed by atoms with Gasteiger partial charge in [-0.05, 0) is 25.0 Å². The van der Waals surface area contributed by atoms with Gasteiger partial charge in [0.25, 0.3) is 0 Å². The number of ether oxygens (including phenoxy) is 2. The van der Waals surface area contributed by atoms with Crippen LogP contribution in [0, 0.1) is 0 Å². The van der Waals surface area contributed by atoms with E-state index in [1.54, 1.807) is 0 Å². The van der Waals surface area contributed by atoms with Gasteiger partial charge in [0.15, 0.2) is 5.79 Å². The maximum Gasteiger partial charge on any atom is 0.163 e. The van der Waals surface area contributed by atoms with Gasteiger partial charge in [0.1, 0.15) is 6.10 Å². The molecular weight excluding hydrogens is 190 g/mol. The zero-order chi connectivity index (χ0) is 10.9. The minimum atomic E-state index is -0.480. The van der Waals surface area contributed by atoms with E-state index in [0.29, 0.717) is 13.2 Å². The third kappa shape index (κ3) is 2.20. The fourth-order valence-corrected chi connectivity index (χ4v) is 1.87. The van der Waals surface area contributed by atoms with Crippen molar-refractivity contribution in [3.63, 3.8) is 0 Å². The van der Waals surface area contributed by atoms with Crippen LogP contribution in [0.1, 0.15) is 31.1 Å². The van der Waals surface area contributed by atoms with Crippen LogP contribution in [0.2, 0.25) is 0 Å². The first-order valence-corrected chi connectivity index (χ1v) is 5.22. The largest absolute Gasteiger partial charge is 0.347 e. The van der Waals surface area contributed by atoms with Gasteiger partial charge >= 0.3 is 0 Å². The lowest BCUT2D eigenvalue weighted by Gasteiger charge is -2.18. The van der Waals surface area contributed by atoms with Crippen molar-refractivity contribution < 1.29 is 9.47 Å². The number of benzene rings is 1. The molecule has 1 unspecified atom stereocenters. The number of hydrogen-bond acceptors (Lipinski definition) is 3. The lowest BCUT2D eigenvalue weighted by Crippen LogP contribution is -2.20. The van der Waals surface area contributed by atoms with Crippen LogP contribution in [-0.2, 0) is 16.0 Å². The molecule has 0 aliphatic carbocycles. The summed E-state index contributed by atoms with van der Waals surface area (Å²) in [6, 6.07) is 8.08. The van der Waals surface area contributed by atoms with Crippen LogP contribution in [0.5, 0.6) is 0 Å². The zero-order valence-corrected chi connectivity index (χ0v) is 9.19. The first kappa shape index (κ1) is 10.6. The molecule has 1 aliphatic heterocycles. The van der Waals surface area contributed by atoms with E-state index in [-0.39, 0.29) is 6.10 Å². The van der Waals surface area contributed by atoms with E-state index < -0.39 is 5.79 Å². The number of hydrogen-bond donors (Lipinski definition) is 1. The van der Waals surface area contributed by atoms with Gasteiger partial charge in [-0.15, -0.1) is 0 Å². The van der Waals surface area contributed by atoms with E-state index in [9.17, 15) is 0 Å². The molecule has 15 heavy (non-hydrogen) atoms. The van der Waals surface area contributed by atoms with E-state index in [1.807, 2.05) is 32.0 Å². The van der Waals surface area contributed by atoms with E-state index in [0.717, 1.165) is 11.1 Å². The molecule has 0 spiro atoms. The van der Waals surface area contributed by atoms with Gasteiger partial charge in [0.05, 0.1) is 6.61 Å². The highest BCUT2D eigenvalue weighted by molar-refractivity contribution is 5.29. The number of rotatable bonds is 2. The molecule has 1 aliphatic rings. The Morgan fingerprint density at radius 2 is 2.13 bits per heavy atom. The highest BCUT2D eigenvalue weighted by Crippen LogP contribution is 2.34. The van der Waals surface area contributed by atoms with Gasteiger partial charge in [-0.2, -0.15) is 0 Å². The predicted octanol–water partition coefficient (Wildman–Crippen LogP) is 1.97. The Kier molecular flexibility index (Phi) is 2.78. The summed E-state index contributed by atoms with van der Waals surface area (Å²) >= 11 is 0. The molecule has 1 fully saturated rings. The maximum atomic E-state index is 5.80. The summed E-state index contributed by atoms with van der Waals surface area (Å²) in [4.78, 5) is 0. The van der Waals surface area contributed by atoms with Crippen molar-refractivity contribution in [1.29, 1.82) is 0 Å². The van der Waals surface area contributed by atoms with Crippen LogP contribution in [0.25, 0.3) is 0 Å². The summed E-state index contributed by atoms with van der Waals surface area (Å²) in [5.41, 5.74) is 7.96. The Balaban J connectivity index is 2.23. The van der Waals surface area contributed by atoms with Gasteiger partial charge in [0.2, 0.25) is 0 Å². The van der Waals surface area contributed by atoms with Crippen molar-refractivity contribution >= 4 is 0 Å². The molecule has 1 atom stereocenters. The molecule has 3 heteroatoms. The average Bonchev–Trinajstić information content (AvgIpc) is 2.59. The van der Waals surface area contributed by atoms with Crippen molar-refractivity contribution in [3.8, 4) is 0 Å². The van der Waals surface area contributed by atoms with Gasteiger partial charge in [0, 0.05) is 6.54 Å². The van der Waals surface area contributed by atoms with Crippen molar-refractivity contribution in [2.75, 3.05) is 6.61 Å². The third-order valence-electron chi connectivity index (χ3n) is 2.63. The molecule has 1 aromatic carbocycles. The zero-order valence-electron chi connectivity index (χ0n) is 9.19. The average molecular weight is 207 g/mol. The van der Waals surface area contributed by atoms with E-state index in [1.165, 1.54) is 0 Å². The van der Waals surface area contributed by atoms with Crippen LogP contribution < -0.4 is 5.73 Å². The van der Waals surface area contributed by atoms with Crippen LogP contribution in [0.15, 0.2) is 24.3 Å². The molecule has 2 rings (SSSR count). The van der Waals surface area contributed by atoms with Gasteiger partial charge in [-0.3, -0.25) is 0 Å². The molecule has 0 radical (unpaired) electrons. The van der Waals surface area contributed by atoms with E-state index in [4.69, 9.17) is 15.2 Å². The quantitative estimate of drug-likeness (QED) is 0.806. The van der Waals surface area contributed by atoms with Crippen LogP contribution in [-0.4, -0.2) is 12.4 Å². The van der Waals surface area contributed by atoms with Crippen molar-refractivity contribution in [1.82, 2.24) is 0 Å². The highest BCUT2D eigenvalue weighted by Gasteiger charge is 2.34. The summed E-state index contributed by atoms with van der Waals surface area (Å²) in [6.45, 7) is 5.00. The molecule has 1 heterocycles. The van der Waals surface area contributed by atoms with Crippen LogP contribution in [0.4, 0.5) is 0 Å². The summed E-state index contributed by atoms with van der Waals surface area (Å²) in [6.07, 6.45) is 0.0137. The predicted molar refractivity (Wildman–Crippen MR) is 58.2 cm³/mol. The summed E-state index contributed by atoms with van der Waals surface area (Å²) in [7, 11) is 0. The molecule has 82 valence electrons. The Morgan fingerprint density at radius 1 is 1.40 bits per heavy atom. The second-order valence-electron chi connectivity index (χ2n) is 4.22. The van der Waals surface area contributed by atoms with Gasteiger partial charge in [-0.25, -0.2) is 0 Å². The minimum absolute atomic E-state index is 0.0137. The highest BCUT2D eigenvalue weighted by atomic mass is 16.7. The molecule has 0 amide bonds. The molecule has 0 aromatic heterocycles. The van der Waals surface area contributed by atoms with Crippen LogP contribution >= 0.6 is 0 Å². The Bertz CT molecular complexity index is 349. The normalized spacial score (nSPS) is 24.3. The molecular formula is C12H17NO2. The Morgan fingerprint density at radius 3 is 2.73 bits per heavy atom. The molecule has 1 aromatic rings. The second kappa shape index (κ2) is 3.93. The van der Waals surface area contributed by atoms with Gasteiger partial charge < -0.3 is 15.2 Å². The summed E-state index contributed by atoms with van der Waals surface area (Å²) in [5, 5.41) is 0. The lowest BCUT2D eigenvalue weighted by molar-refractivity contribution is -0.139. The Labute approximate surface area is 90.2 Å². The van der Waals surface area contributed by atoms with E-state index in [2.05, 4.69) is 6.07 Å². The van der Waals surface area contributed by atoms with Gasteiger partial charge in [-0.1, -0.05) is 24.3 Å². The molecule has 0 bridgehead atoms. The topological polar surface area (TPSA) is 44.5 Å². The molecule has 2 N–H and O–H groups in total. The molecule has 0 saturated carbocycles. The van der Waals surface area contributed by atoms with Crippen molar-refractivity contribution in [2.24, 2.45) is 5.73 Å². The standard InChI is InChI=1S/C12H17NO2/c1-12(2)14-8-11(15-12)10-6-4-3-5-9(10)7-13/h3-6,11H,7-8,13H2,1-2H3. The van der Waals surface area contributed by atoms with E-state index >= 15 is 0 Å². The number of nitrogens with two attached hydrogens (primary N) is 1. The SMILES string of the molecule is CC1(C)OCC(c2ccccc2CN)O1. The van der Waals surface area contributed by atoms with Crippen LogP contribution in [0.3, 0.4) is 0 Å². The second-order valence-corrected chi connectivity index (χ2v) is 4.22. The fourth-order valence-electron chi connectivity index (χ4n) is 1.87. The first-order chi connectivity index (χ1) is 7.12. The van der Waals surface area contributed by atoms with Crippen molar-refractivity contribution in [3.05, 3.63) is 35.4 Å². The summed E-state index contributed by atoms with van der Waals surface area (Å²) < 4.78 is 11.3. The first-order valence-electron chi connectivity index (χ1n) is 5.22. The Hall–Kier alpha value is -0.900. The maximum absolute atomic E-state index is 5.80.